The molecule has 0 aliphatic carbocycles. The SMILES string of the molecule is O=C(NNC(=O)C1CC(c2ccccc2)NN1)C1=NOC(c2ccccc2)C1. The molecule has 2 aliphatic rings. The highest BCUT2D eigenvalue weighted by molar-refractivity contribution is 6.39. The number of oxime groups is 1. The van der Waals surface area contributed by atoms with Crippen molar-refractivity contribution in [2.45, 2.75) is 31.0 Å². The molecular formula is C20H21N5O3. The number of hydrogen-bond donors (Lipinski definition) is 4. The van der Waals surface area contributed by atoms with E-state index >= 15 is 0 Å². The molecule has 2 amide bonds. The van der Waals surface area contributed by atoms with Gasteiger partial charge >= 0.3 is 0 Å². The Morgan fingerprint density at radius 1 is 0.929 bits per heavy atom. The van der Waals surface area contributed by atoms with Gasteiger partial charge in [0, 0.05) is 12.5 Å². The summed E-state index contributed by atoms with van der Waals surface area (Å²) in [6.07, 6.45) is 0.640. The van der Waals surface area contributed by atoms with Gasteiger partial charge < -0.3 is 4.84 Å². The highest BCUT2D eigenvalue weighted by Gasteiger charge is 2.31. The van der Waals surface area contributed by atoms with Crippen LogP contribution in [0.15, 0.2) is 65.8 Å². The van der Waals surface area contributed by atoms with Crippen LogP contribution in [0.4, 0.5) is 0 Å². The molecule has 28 heavy (non-hydrogen) atoms. The molecule has 4 rings (SSSR count). The van der Waals surface area contributed by atoms with E-state index in [-0.39, 0.29) is 23.8 Å². The van der Waals surface area contributed by atoms with Gasteiger partial charge in [0.25, 0.3) is 11.8 Å². The van der Waals surface area contributed by atoms with E-state index in [0.29, 0.717) is 12.8 Å². The summed E-state index contributed by atoms with van der Waals surface area (Å²) in [7, 11) is 0. The van der Waals surface area contributed by atoms with Crippen LogP contribution in [0.5, 0.6) is 0 Å². The van der Waals surface area contributed by atoms with Crippen molar-refractivity contribution < 1.29 is 14.4 Å². The Morgan fingerprint density at radius 3 is 2.32 bits per heavy atom. The highest BCUT2D eigenvalue weighted by atomic mass is 16.6. The number of carbonyl (C=O) groups is 2. The molecular weight excluding hydrogens is 358 g/mol. The van der Waals surface area contributed by atoms with E-state index in [2.05, 4.69) is 26.9 Å². The average molecular weight is 379 g/mol. The fraction of sp³-hybridized carbons (Fsp3) is 0.250. The maximum Gasteiger partial charge on any atom is 0.287 e. The predicted octanol–water partition coefficient (Wildman–Crippen LogP) is 1.26. The predicted molar refractivity (Wildman–Crippen MR) is 102 cm³/mol. The minimum atomic E-state index is -0.475. The number of amides is 2. The standard InChI is InChI=1S/C20H21N5O3/c26-19(16-11-15(21-22-16)13-7-3-1-4-8-13)23-24-20(27)17-12-18(28-25-17)14-9-5-2-6-10-14/h1-10,15-16,18,21-22H,11-12H2,(H,23,26)(H,24,27). The Balaban J connectivity index is 1.25. The lowest BCUT2D eigenvalue weighted by Crippen LogP contribution is -2.51. The first kappa shape index (κ1) is 18.1. The van der Waals surface area contributed by atoms with Crippen molar-refractivity contribution in [3.8, 4) is 0 Å². The second-order valence-corrected chi connectivity index (χ2v) is 6.73. The van der Waals surface area contributed by atoms with Crippen LogP contribution in [-0.4, -0.2) is 23.6 Å². The number of hydrogen-bond acceptors (Lipinski definition) is 6. The normalized spacial score (nSPS) is 23.6. The smallest absolute Gasteiger partial charge is 0.287 e. The molecule has 2 aromatic rings. The first-order valence-electron chi connectivity index (χ1n) is 9.14. The number of benzene rings is 2. The molecule has 2 heterocycles. The molecule has 0 radical (unpaired) electrons. The molecule has 3 atom stereocenters. The van der Waals surface area contributed by atoms with E-state index in [9.17, 15) is 9.59 Å². The first-order valence-corrected chi connectivity index (χ1v) is 9.14. The summed E-state index contributed by atoms with van der Waals surface area (Å²) in [5.41, 5.74) is 13.2. The number of nitrogens with zero attached hydrogens (tertiary/aromatic N) is 1. The fourth-order valence-electron chi connectivity index (χ4n) is 3.27. The van der Waals surface area contributed by atoms with Crippen LogP contribution in [-0.2, 0) is 14.4 Å². The van der Waals surface area contributed by atoms with E-state index in [1.807, 2.05) is 60.7 Å². The summed E-state index contributed by atoms with van der Waals surface area (Å²) in [5.74, 6) is -0.796. The Morgan fingerprint density at radius 2 is 1.61 bits per heavy atom. The molecule has 0 saturated carbocycles. The van der Waals surface area contributed by atoms with Crippen molar-refractivity contribution in [1.82, 2.24) is 21.7 Å². The molecule has 144 valence electrons. The Bertz CT molecular complexity index is 872. The summed E-state index contributed by atoms with van der Waals surface area (Å²) in [6, 6.07) is 19.0. The quantitative estimate of drug-likeness (QED) is 0.599. The van der Waals surface area contributed by atoms with Gasteiger partial charge in [-0.15, -0.1) is 0 Å². The van der Waals surface area contributed by atoms with Gasteiger partial charge in [-0.2, -0.15) is 0 Å². The zero-order valence-corrected chi connectivity index (χ0v) is 15.1. The largest absolute Gasteiger partial charge is 0.387 e. The maximum atomic E-state index is 12.3. The third-order valence-electron chi connectivity index (χ3n) is 4.82. The summed E-state index contributed by atoms with van der Waals surface area (Å²) in [5, 5.41) is 3.85. The molecule has 8 heteroatoms. The van der Waals surface area contributed by atoms with E-state index in [4.69, 9.17) is 4.84 Å². The fourth-order valence-corrected chi connectivity index (χ4v) is 3.27. The molecule has 1 fully saturated rings. The molecule has 0 spiro atoms. The summed E-state index contributed by atoms with van der Waals surface area (Å²) < 4.78 is 0. The zero-order chi connectivity index (χ0) is 19.3. The number of carbonyl (C=O) groups excluding carboxylic acids is 2. The molecule has 8 nitrogen and oxygen atoms in total. The maximum absolute atomic E-state index is 12.3. The summed E-state index contributed by atoms with van der Waals surface area (Å²) >= 11 is 0. The van der Waals surface area contributed by atoms with Gasteiger partial charge in [0.15, 0.2) is 11.8 Å². The second kappa shape index (κ2) is 8.20. The first-order chi connectivity index (χ1) is 13.7. The van der Waals surface area contributed by atoms with Crippen LogP contribution in [0.3, 0.4) is 0 Å². The van der Waals surface area contributed by atoms with Gasteiger partial charge in [0.05, 0.1) is 0 Å². The Labute approximate surface area is 162 Å². The number of rotatable bonds is 4. The van der Waals surface area contributed by atoms with Gasteiger partial charge in [-0.1, -0.05) is 65.8 Å². The van der Waals surface area contributed by atoms with E-state index < -0.39 is 11.9 Å². The van der Waals surface area contributed by atoms with Crippen LogP contribution in [0.1, 0.15) is 36.1 Å². The lowest BCUT2D eigenvalue weighted by Gasteiger charge is -2.11. The average Bonchev–Trinajstić information content (AvgIpc) is 3.43. The van der Waals surface area contributed by atoms with Gasteiger partial charge in [-0.25, -0.2) is 10.9 Å². The zero-order valence-electron chi connectivity index (χ0n) is 15.1. The number of nitrogens with one attached hydrogen (secondary N) is 4. The van der Waals surface area contributed by atoms with Crippen molar-refractivity contribution in [3.05, 3.63) is 71.8 Å². The van der Waals surface area contributed by atoms with E-state index in [1.54, 1.807) is 0 Å². The minimum Gasteiger partial charge on any atom is -0.387 e. The lowest BCUT2D eigenvalue weighted by molar-refractivity contribution is -0.127. The summed E-state index contributed by atoms with van der Waals surface area (Å²) in [4.78, 5) is 29.9. The second-order valence-electron chi connectivity index (χ2n) is 6.73. The minimum absolute atomic E-state index is 0.0342. The van der Waals surface area contributed by atoms with Crippen molar-refractivity contribution >= 4 is 17.5 Å². The molecule has 0 bridgehead atoms. The lowest BCUT2D eigenvalue weighted by atomic mass is 10.0. The van der Waals surface area contributed by atoms with Gasteiger partial charge in [-0.05, 0) is 17.5 Å². The van der Waals surface area contributed by atoms with Gasteiger partial charge in [0.2, 0.25) is 0 Å². The van der Waals surface area contributed by atoms with E-state index in [1.165, 1.54) is 0 Å². The van der Waals surface area contributed by atoms with Crippen molar-refractivity contribution in [1.29, 1.82) is 0 Å². The van der Waals surface area contributed by atoms with Crippen LogP contribution in [0, 0.1) is 0 Å². The third kappa shape index (κ3) is 4.03. The number of hydrazine groups is 2. The molecule has 2 aromatic carbocycles. The van der Waals surface area contributed by atoms with Crippen molar-refractivity contribution in [3.63, 3.8) is 0 Å². The molecule has 2 aliphatic heterocycles. The topological polar surface area (TPSA) is 104 Å². The monoisotopic (exact) mass is 379 g/mol. The van der Waals surface area contributed by atoms with Gasteiger partial charge in [-0.3, -0.25) is 20.4 Å². The molecule has 3 unspecified atom stereocenters. The van der Waals surface area contributed by atoms with Gasteiger partial charge in [0.1, 0.15) is 6.04 Å². The van der Waals surface area contributed by atoms with Crippen LogP contribution in [0.2, 0.25) is 0 Å². The third-order valence-corrected chi connectivity index (χ3v) is 4.82. The van der Waals surface area contributed by atoms with Crippen LogP contribution >= 0.6 is 0 Å². The van der Waals surface area contributed by atoms with Crippen LogP contribution < -0.4 is 21.7 Å². The Hall–Kier alpha value is -3.23. The Kier molecular flexibility index (Phi) is 5.31. The van der Waals surface area contributed by atoms with Crippen LogP contribution in [0.25, 0.3) is 0 Å². The summed E-state index contributed by atoms with van der Waals surface area (Å²) in [6.45, 7) is 0. The highest BCUT2D eigenvalue weighted by Crippen LogP contribution is 2.26. The molecule has 0 aromatic heterocycles. The van der Waals surface area contributed by atoms with Crippen molar-refractivity contribution in [2.24, 2.45) is 5.16 Å². The molecule has 4 N–H and O–H groups in total. The van der Waals surface area contributed by atoms with Crippen molar-refractivity contribution in [2.75, 3.05) is 0 Å². The molecule has 1 saturated heterocycles. The van der Waals surface area contributed by atoms with E-state index in [0.717, 1.165) is 11.1 Å².